The van der Waals surface area contributed by atoms with Gasteiger partial charge in [-0.25, -0.2) is 4.98 Å². The Morgan fingerprint density at radius 2 is 2.11 bits per heavy atom. The first-order valence-corrected chi connectivity index (χ1v) is 8.08. The van der Waals surface area contributed by atoms with Gasteiger partial charge in [0.25, 0.3) is 0 Å². The monoisotopic (exact) mass is 282 g/mol. The van der Waals surface area contributed by atoms with E-state index in [1.807, 2.05) is 6.92 Å². The number of rotatable bonds is 6. The van der Waals surface area contributed by atoms with E-state index in [2.05, 4.69) is 33.0 Å². The molecule has 0 amide bonds. The van der Waals surface area contributed by atoms with Crippen molar-refractivity contribution in [2.45, 2.75) is 71.6 Å². The van der Waals surface area contributed by atoms with Crippen molar-refractivity contribution in [1.29, 1.82) is 0 Å². The molecule has 0 saturated heterocycles. The molecule has 0 aromatic carbocycles. The maximum atomic E-state index is 5.67. The van der Waals surface area contributed by atoms with Crippen LogP contribution in [0.4, 0.5) is 0 Å². The smallest absolute Gasteiger partial charge is 0.122 e. The Bertz CT molecular complexity index is 418. The van der Waals surface area contributed by atoms with Gasteiger partial charge in [0.1, 0.15) is 11.1 Å². The molecule has 1 fully saturated rings. The number of thiazole rings is 1. The first-order chi connectivity index (χ1) is 8.91. The van der Waals surface area contributed by atoms with Crippen LogP contribution in [0.2, 0.25) is 0 Å². The number of ether oxygens (including phenoxy) is 1. The molecule has 1 aliphatic rings. The lowest BCUT2D eigenvalue weighted by molar-refractivity contribution is 0.0760. The van der Waals surface area contributed by atoms with Crippen molar-refractivity contribution in [3.05, 3.63) is 15.6 Å². The average Bonchev–Trinajstić information content (AvgIpc) is 3.03. The van der Waals surface area contributed by atoms with E-state index in [1.54, 1.807) is 11.3 Å². The second-order valence-corrected chi connectivity index (χ2v) is 7.44. The van der Waals surface area contributed by atoms with Crippen LogP contribution < -0.4 is 5.32 Å². The van der Waals surface area contributed by atoms with Gasteiger partial charge in [-0.15, -0.1) is 11.3 Å². The molecule has 1 unspecified atom stereocenters. The van der Waals surface area contributed by atoms with E-state index in [-0.39, 0.29) is 11.5 Å². The van der Waals surface area contributed by atoms with Crippen LogP contribution in [0.3, 0.4) is 0 Å². The molecule has 1 aliphatic carbocycles. The molecule has 1 aromatic heterocycles. The van der Waals surface area contributed by atoms with Gasteiger partial charge in [-0.3, -0.25) is 0 Å². The van der Waals surface area contributed by atoms with E-state index in [0.29, 0.717) is 0 Å². The van der Waals surface area contributed by atoms with Crippen molar-refractivity contribution < 1.29 is 4.74 Å². The Hall–Kier alpha value is -0.450. The Kier molecular flexibility index (Phi) is 4.64. The van der Waals surface area contributed by atoms with Crippen LogP contribution in [0, 0.1) is 0 Å². The van der Waals surface area contributed by atoms with Gasteiger partial charge in [-0.05, 0) is 26.7 Å². The molecule has 0 bridgehead atoms. The largest absolute Gasteiger partial charge is 0.372 e. The average molecular weight is 282 g/mol. The minimum absolute atomic E-state index is 0.0985. The second-order valence-electron chi connectivity index (χ2n) is 6.33. The normalized spacial score (nSPS) is 17.7. The second kappa shape index (κ2) is 5.90. The lowest BCUT2D eigenvalue weighted by Gasteiger charge is -2.18. The zero-order chi connectivity index (χ0) is 14.0. The maximum absolute atomic E-state index is 5.67. The Balaban J connectivity index is 2.17. The predicted molar refractivity (Wildman–Crippen MR) is 80.7 cm³/mol. The lowest BCUT2D eigenvalue weighted by Crippen LogP contribution is -2.20. The van der Waals surface area contributed by atoms with E-state index < -0.39 is 0 Å². The summed E-state index contributed by atoms with van der Waals surface area (Å²) < 4.78 is 5.67. The molecule has 0 radical (unpaired) electrons. The highest BCUT2D eigenvalue weighted by Gasteiger charge is 2.27. The zero-order valence-corrected chi connectivity index (χ0v) is 13.6. The quantitative estimate of drug-likeness (QED) is 0.862. The molecule has 108 valence electrons. The van der Waals surface area contributed by atoms with Crippen molar-refractivity contribution in [2.24, 2.45) is 0 Å². The fraction of sp³-hybridized carbons (Fsp3) is 0.800. The van der Waals surface area contributed by atoms with Gasteiger partial charge < -0.3 is 10.1 Å². The van der Waals surface area contributed by atoms with Crippen molar-refractivity contribution in [2.75, 3.05) is 6.61 Å². The summed E-state index contributed by atoms with van der Waals surface area (Å²) in [5, 5.41) is 4.71. The SMILES string of the molecule is CCOC(C)c1nc(C(C)(C)C)c(CNC2CC2)s1. The molecule has 4 heteroatoms. The molecule has 1 saturated carbocycles. The molecule has 0 aliphatic heterocycles. The third-order valence-electron chi connectivity index (χ3n) is 3.32. The van der Waals surface area contributed by atoms with Crippen LogP contribution in [0.5, 0.6) is 0 Å². The summed E-state index contributed by atoms with van der Waals surface area (Å²) in [6.07, 6.45) is 2.75. The van der Waals surface area contributed by atoms with Crippen molar-refractivity contribution >= 4 is 11.3 Å². The van der Waals surface area contributed by atoms with Crippen LogP contribution in [0.15, 0.2) is 0 Å². The molecule has 0 spiro atoms. The fourth-order valence-electron chi connectivity index (χ4n) is 2.10. The number of hydrogen-bond donors (Lipinski definition) is 1. The predicted octanol–water partition coefficient (Wildman–Crippen LogP) is 3.79. The highest BCUT2D eigenvalue weighted by Crippen LogP contribution is 2.33. The summed E-state index contributed by atoms with van der Waals surface area (Å²) >= 11 is 1.81. The van der Waals surface area contributed by atoms with Gasteiger partial charge in [0.15, 0.2) is 0 Å². The molecular formula is C15H26N2OS. The van der Waals surface area contributed by atoms with E-state index in [1.165, 1.54) is 23.4 Å². The molecule has 3 nitrogen and oxygen atoms in total. The number of nitrogens with one attached hydrogen (secondary N) is 1. The first kappa shape index (κ1) is 14.9. The highest BCUT2D eigenvalue weighted by molar-refractivity contribution is 7.11. The molecule has 1 heterocycles. The minimum atomic E-state index is 0.0985. The number of aromatic nitrogens is 1. The maximum Gasteiger partial charge on any atom is 0.122 e. The number of hydrogen-bond acceptors (Lipinski definition) is 4. The van der Waals surface area contributed by atoms with Crippen LogP contribution in [-0.2, 0) is 16.7 Å². The summed E-state index contributed by atoms with van der Waals surface area (Å²) in [5.41, 5.74) is 1.33. The summed E-state index contributed by atoms with van der Waals surface area (Å²) in [5.74, 6) is 0. The first-order valence-electron chi connectivity index (χ1n) is 7.27. The van der Waals surface area contributed by atoms with Gasteiger partial charge in [-0.2, -0.15) is 0 Å². The topological polar surface area (TPSA) is 34.1 Å². The van der Waals surface area contributed by atoms with Crippen molar-refractivity contribution in [3.63, 3.8) is 0 Å². The lowest BCUT2D eigenvalue weighted by atomic mass is 9.91. The van der Waals surface area contributed by atoms with Gasteiger partial charge in [0.05, 0.1) is 5.69 Å². The van der Waals surface area contributed by atoms with Gasteiger partial charge >= 0.3 is 0 Å². The zero-order valence-electron chi connectivity index (χ0n) is 12.7. The summed E-state index contributed by atoms with van der Waals surface area (Å²) in [6, 6.07) is 0.739. The van der Waals surface area contributed by atoms with Gasteiger partial charge in [0, 0.05) is 29.5 Å². The molecule has 1 aromatic rings. The molecule has 1 atom stereocenters. The van der Waals surface area contributed by atoms with E-state index in [0.717, 1.165) is 24.2 Å². The standard InChI is InChI=1S/C15H26N2OS/c1-6-18-10(2)14-17-13(15(3,4)5)12(19-14)9-16-11-7-8-11/h10-11,16H,6-9H2,1-5H3. The highest BCUT2D eigenvalue weighted by atomic mass is 32.1. The van der Waals surface area contributed by atoms with Gasteiger partial charge in [0.2, 0.25) is 0 Å². The molecule has 1 N–H and O–H groups in total. The van der Waals surface area contributed by atoms with Crippen LogP contribution >= 0.6 is 11.3 Å². The Labute approximate surface area is 120 Å². The van der Waals surface area contributed by atoms with Crippen LogP contribution in [0.1, 0.15) is 69.1 Å². The Morgan fingerprint density at radius 1 is 1.42 bits per heavy atom. The minimum Gasteiger partial charge on any atom is -0.372 e. The Morgan fingerprint density at radius 3 is 2.63 bits per heavy atom. The summed E-state index contributed by atoms with van der Waals surface area (Å²) in [4.78, 5) is 6.23. The third-order valence-corrected chi connectivity index (χ3v) is 4.53. The summed E-state index contributed by atoms with van der Waals surface area (Å²) in [6.45, 7) is 12.5. The summed E-state index contributed by atoms with van der Waals surface area (Å²) in [7, 11) is 0. The van der Waals surface area contributed by atoms with E-state index in [9.17, 15) is 0 Å². The fourth-order valence-corrected chi connectivity index (χ4v) is 3.32. The molecular weight excluding hydrogens is 256 g/mol. The molecule has 2 rings (SSSR count). The van der Waals surface area contributed by atoms with E-state index in [4.69, 9.17) is 9.72 Å². The van der Waals surface area contributed by atoms with E-state index >= 15 is 0 Å². The van der Waals surface area contributed by atoms with Crippen LogP contribution in [0.25, 0.3) is 0 Å². The third kappa shape index (κ3) is 4.01. The molecule has 19 heavy (non-hydrogen) atoms. The van der Waals surface area contributed by atoms with Crippen molar-refractivity contribution in [3.8, 4) is 0 Å². The van der Waals surface area contributed by atoms with Crippen LogP contribution in [-0.4, -0.2) is 17.6 Å². The number of nitrogens with zero attached hydrogens (tertiary/aromatic N) is 1. The van der Waals surface area contributed by atoms with Gasteiger partial charge in [-0.1, -0.05) is 20.8 Å². The van der Waals surface area contributed by atoms with Crippen molar-refractivity contribution in [1.82, 2.24) is 10.3 Å².